The first-order valence-electron chi connectivity index (χ1n) is 9.64. The molecule has 4 rings (SSSR count). The number of aromatic nitrogens is 2. The number of hydrogen-bond donors (Lipinski definition) is 1. The van der Waals surface area contributed by atoms with Gasteiger partial charge in [-0.3, -0.25) is 4.79 Å². The summed E-state index contributed by atoms with van der Waals surface area (Å²) < 4.78 is 10.9. The largest absolute Gasteiger partial charge is 0.497 e. The smallest absolute Gasteiger partial charge is 0.251 e. The van der Waals surface area contributed by atoms with Crippen molar-refractivity contribution < 1.29 is 9.47 Å². The molecule has 0 amide bonds. The molecule has 0 spiro atoms. The van der Waals surface area contributed by atoms with Crippen LogP contribution in [-0.2, 0) is 4.74 Å². The number of rotatable bonds is 5. The van der Waals surface area contributed by atoms with Crippen molar-refractivity contribution in [1.82, 2.24) is 14.9 Å². The van der Waals surface area contributed by atoms with Crippen LogP contribution in [0.1, 0.15) is 35.3 Å². The molecule has 0 unspecified atom stereocenters. The number of methoxy groups -OCH3 is 1. The van der Waals surface area contributed by atoms with Crippen molar-refractivity contribution in [3.63, 3.8) is 0 Å². The Kier molecular flexibility index (Phi) is 5.27. The average molecular weight is 369 g/mol. The molecule has 1 aromatic carbocycles. The number of hydrogen-bond acceptors (Lipinski definition) is 5. The molecular weight excluding hydrogens is 342 g/mol. The van der Waals surface area contributed by atoms with Crippen LogP contribution in [0.5, 0.6) is 5.75 Å². The molecule has 2 aromatic rings. The average Bonchev–Trinajstić information content (AvgIpc) is 3.31. The van der Waals surface area contributed by atoms with Crippen molar-refractivity contribution in [3.05, 3.63) is 57.8 Å². The molecule has 0 aliphatic carbocycles. The fourth-order valence-electron chi connectivity index (χ4n) is 4.41. The normalized spacial score (nSPS) is 25.8. The molecule has 0 bridgehead atoms. The van der Waals surface area contributed by atoms with Crippen LogP contribution >= 0.6 is 0 Å². The lowest BCUT2D eigenvalue weighted by atomic mass is 9.86. The van der Waals surface area contributed by atoms with Gasteiger partial charge in [-0.05, 0) is 37.0 Å². The fraction of sp³-hybridized carbons (Fsp3) is 0.524. The summed E-state index contributed by atoms with van der Waals surface area (Å²) in [5, 5.41) is 0. The summed E-state index contributed by atoms with van der Waals surface area (Å²) in [6, 6.07) is 9.96. The van der Waals surface area contributed by atoms with Crippen LogP contribution in [0.15, 0.2) is 35.1 Å². The standard InChI is InChI=1S/C21H27N3O3/c1-14-22-20(9-21(25)23-14)19-12-24(10-15-7-8-27-13-15)11-18(19)16-3-5-17(26-2)6-4-16/h3-6,9,15,18-19H,7-8,10-13H2,1-2H3,(H,22,23,25)/t15-,18-,19+/m0/s1. The number of ether oxygens (including phenoxy) is 2. The summed E-state index contributed by atoms with van der Waals surface area (Å²) in [4.78, 5) is 21.9. The first-order chi connectivity index (χ1) is 13.1. The van der Waals surface area contributed by atoms with Gasteiger partial charge in [0.15, 0.2) is 0 Å². The van der Waals surface area contributed by atoms with Gasteiger partial charge in [0.05, 0.1) is 19.4 Å². The van der Waals surface area contributed by atoms with E-state index in [2.05, 4.69) is 27.0 Å². The molecule has 2 aliphatic rings. The maximum absolute atomic E-state index is 12.0. The van der Waals surface area contributed by atoms with E-state index in [4.69, 9.17) is 9.47 Å². The summed E-state index contributed by atoms with van der Waals surface area (Å²) in [7, 11) is 1.68. The third-order valence-corrected chi connectivity index (χ3v) is 5.74. The van der Waals surface area contributed by atoms with Gasteiger partial charge in [0.2, 0.25) is 0 Å². The van der Waals surface area contributed by atoms with Gasteiger partial charge in [0.25, 0.3) is 5.56 Å². The van der Waals surface area contributed by atoms with Crippen molar-refractivity contribution in [1.29, 1.82) is 0 Å². The van der Waals surface area contributed by atoms with Crippen molar-refractivity contribution in [3.8, 4) is 5.75 Å². The lowest BCUT2D eigenvalue weighted by Gasteiger charge is -2.19. The Bertz CT molecular complexity index is 827. The highest BCUT2D eigenvalue weighted by molar-refractivity contribution is 5.33. The third-order valence-electron chi connectivity index (χ3n) is 5.74. The van der Waals surface area contributed by atoms with E-state index in [-0.39, 0.29) is 11.5 Å². The van der Waals surface area contributed by atoms with Crippen LogP contribution in [0.2, 0.25) is 0 Å². The van der Waals surface area contributed by atoms with Crippen molar-refractivity contribution in [2.45, 2.75) is 25.2 Å². The van der Waals surface area contributed by atoms with Crippen LogP contribution in [0.4, 0.5) is 0 Å². The van der Waals surface area contributed by atoms with E-state index in [1.165, 1.54) is 5.56 Å². The van der Waals surface area contributed by atoms with Crippen molar-refractivity contribution in [2.24, 2.45) is 5.92 Å². The van der Waals surface area contributed by atoms with Crippen molar-refractivity contribution >= 4 is 0 Å². The van der Waals surface area contributed by atoms with Crippen LogP contribution in [0.25, 0.3) is 0 Å². The Labute approximate surface area is 159 Å². The van der Waals surface area contributed by atoms with Gasteiger partial charge in [-0.25, -0.2) is 4.98 Å². The van der Waals surface area contributed by atoms with E-state index in [1.54, 1.807) is 13.2 Å². The minimum Gasteiger partial charge on any atom is -0.497 e. The minimum absolute atomic E-state index is 0.0753. The zero-order chi connectivity index (χ0) is 18.8. The van der Waals surface area contributed by atoms with E-state index < -0.39 is 0 Å². The number of aryl methyl sites for hydroxylation is 1. The molecule has 3 atom stereocenters. The van der Waals surface area contributed by atoms with Gasteiger partial charge in [0, 0.05) is 44.1 Å². The molecule has 2 aliphatic heterocycles. The Morgan fingerprint density at radius 2 is 2.04 bits per heavy atom. The van der Waals surface area contributed by atoms with Crippen LogP contribution in [0.3, 0.4) is 0 Å². The molecule has 6 nitrogen and oxygen atoms in total. The molecule has 3 heterocycles. The Balaban J connectivity index is 1.62. The van der Waals surface area contributed by atoms with Crippen LogP contribution in [0, 0.1) is 12.8 Å². The first kappa shape index (κ1) is 18.2. The van der Waals surface area contributed by atoms with Crippen molar-refractivity contribution in [2.75, 3.05) is 40.0 Å². The molecule has 0 radical (unpaired) electrons. The third kappa shape index (κ3) is 4.06. The second-order valence-electron chi connectivity index (χ2n) is 7.69. The first-order valence-corrected chi connectivity index (χ1v) is 9.64. The predicted molar refractivity (Wildman–Crippen MR) is 103 cm³/mol. The molecule has 2 fully saturated rings. The number of benzene rings is 1. The predicted octanol–water partition coefficient (Wildman–Crippen LogP) is 2.31. The van der Waals surface area contributed by atoms with Crippen LogP contribution < -0.4 is 10.3 Å². The molecule has 1 aromatic heterocycles. The van der Waals surface area contributed by atoms with E-state index in [0.29, 0.717) is 17.7 Å². The molecule has 6 heteroatoms. The molecule has 2 saturated heterocycles. The number of aromatic amines is 1. The highest BCUT2D eigenvalue weighted by atomic mass is 16.5. The summed E-state index contributed by atoms with van der Waals surface area (Å²) >= 11 is 0. The fourth-order valence-corrected chi connectivity index (χ4v) is 4.41. The lowest BCUT2D eigenvalue weighted by Crippen LogP contribution is -2.28. The summed E-state index contributed by atoms with van der Waals surface area (Å²) in [5.41, 5.74) is 2.08. The second kappa shape index (κ2) is 7.82. The molecular formula is C21H27N3O3. The quantitative estimate of drug-likeness (QED) is 0.876. The van der Waals surface area contributed by atoms with Crippen LogP contribution in [-0.4, -0.2) is 54.8 Å². The van der Waals surface area contributed by atoms with E-state index in [0.717, 1.165) is 50.7 Å². The zero-order valence-corrected chi connectivity index (χ0v) is 16.0. The van der Waals surface area contributed by atoms with Gasteiger partial charge >= 0.3 is 0 Å². The molecule has 27 heavy (non-hydrogen) atoms. The summed E-state index contributed by atoms with van der Waals surface area (Å²) in [5.74, 6) is 2.66. The molecule has 144 valence electrons. The Hall–Kier alpha value is -2.18. The minimum atomic E-state index is -0.0753. The number of likely N-dealkylation sites (tertiary alicyclic amines) is 1. The highest BCUT2D eigenvalue weighted by Crippen LogP contribution is 2.39. The second-order valence-corrected chi connectivity index (χ2v) is 7.69. The lowest BCUT2D eigenvalue weighted by molar-refractivity contribution is 0.173. The maximum atomic E-state index is 12.0. The summed E-state index contributed by atoms with van der Waals surface area (Å²) in [6.07, 6.45) is 1.14. The van der Waals surface area contributed by atoms with E-state index in [9.17, 15) is 4.79 Å². The zero-order valence-electron chi connectivity index (χ0n) is 16.0. The SMILES string of the molecule is COc1ccc([C@@H]2CN(C[C@@H]3CCOC3)C[C@H]2c2cc(=O)[nH]c(C)n2)cc1. The van der Waals surface area contributed by atoms with Gasteiger partial charge in [-0.2, -0.15) is 0 Å². The topological polar surface area (TPSA) is 67.5 Å². The summed E-state index contributed by atoms with van der Waals surface area (Å²) in [6.45, 7) is 6.51. The van der Waals surface area contributed by atoms with Gasteiger partial charge in [0.1, 0.15) is 11.6 Å². The number of nitrogens with one attached hydrogen (secondary N) is 1. The number of H-pyrrole nitrogens is 1. The van der Waals surface area contributed by atoms with Gasteiger partial charge in [-0.1, -0.05) is 12.1 Å². The van der Waals surface area contributed by atoms with Gasteiger partial charge in [-0.15, -0.1) is 0 Å². The monoisotopic (exact) mass is 369 g/mol. The van der Waals surface area contributed by atoms with E-state index >= 15 is 0 Å². The molecule has 1 N–H and O–H groups in total. The van der Waals surface area contributed by atoms with E-state index in [1.807, 2.05) is 19.1 Å². The maximum Gasteiger partial charge on any atom is 0.251 e. The van der Waals surface area contributed by atoms with Gasteiger partial charge < -0.3 is 19.4 Å². The highest BCUT2D eigenvalue weighted by Gasteiger charge is 2.37. The Morgan fingerprint density at radius 1 is 1.26 bits per heavy atom. The number of nitrogens with zero attached hydrogens (tertiary/aromatic N) is 2. The molecule has 0 saturated carbocycles. The Morgan fingerprint density at radius 3 is 2.70 bits per heavy atom.